The zero-order valence-electron chi connectivity index (χ0n) is 6.57. The van der Waals surface area contributed by atoms with Crippen LogP contribution in [0.5, 0.6) is 0 Å². The van der Waals surface area contributed by atoms with E-state index >= 15 is 0 Å². The second-order valence-corrected chi connectivity index (χ2v) is 3.43. The van der Waals surface area contributed by atoms with E-state index < -0.39 is 10.7 Å². The van der Waals surface area contributed by atoms with Gasteiger partial charge in [-0.25, -0.2) is 8.42 Å². The van der Waals surface area contributed by atoms with Gasteiger partial charge in [-0.3, -0.25) is 5.84 Å². The first-order valence-corrected chi connectivity index (χ1v) is 4.54. The molecule has 5 heteroatoms. The molecule has 0 unspecified atom stereocenters. The van der Waals surface area contributed by atoms with E-state index in [1.807, 2.05) is 0 Å². The zero-order valence-corrected chi connectivity index (χ0v) is 7.47. The Morgan fingerprint density at radius 1 is 1.42 bits per heavy atom. The van der Waals surface area contributed by atoms with Crippen LogP contribution in [0.3, 0.4) is 0 Å². The topological polar surface area (TPSA) is 72.2 Å². The average molecular weight is 186 g/mol. The molecule has 1 aromatic rings. The third-order valence-corrected chi connectivity index (χ3v) is 2.28. The van der Waals surface area contributed by atoms with Crippen molar-refractivity contribution >= 4 is 16.4 Å². The number of benzene rings is 1. The van der Waals surface area contributed by atoms with Gasteiger partial charge in [0, 0.05) is 0 Å². The lowest BCUT2D eigenvalue weighted by Crippen LogP contribution is -2.08. The molecule has 0 aliphatic rings. The van der Waals surface area contributed by atoms with Crippen molar-refractivity contribution in [2.75, 3.05) is 5.43 Å². The number of hydrogen-bond acceptors (Lipinski definition) is 4. The van der Waals surface area contributed by atoms with Gasteiger partial charge in [-0.1, -0.05) is 0 Å². The molecule has 0 aliphatic carbocycles. The zero-order chi connectivity index (χ0) is 9.14. The molecule has 12 heavy (non-hydrogen) atoms. The molecule has 3 N–H and O–H groups in total. The molecule has 0 aliphatic heterocycles. The average Bonchev–Trinajstić information content (AvgIpc) is 2.04. The summed E-state index contributed by atoms with van der Waals surface area (Å²) in [4.78, 5) is 0.307. The quantitative estimate of drug-likeness (QED) is 0.352. The molecule has 0 atom stereocenters. The highest BCUT2D eigenvalue weighted by Gasteiger charge is 1.98. The molecular weight excluding hydrogens is 176 g/mol. The Morgan fingerprint density at radius 2 is 2.08 bits per heavy atom. The van der Waals surface area contributed by atoms with Crippen LogP contribution in [-0.2, 0) is 10.7 Å². The Kier molecular flexibility index (Phi) is 2.67. The fraction of sp³-hybridized carbons (Fsp3) is 0.143. The van der Waals surface area contributed by atoms with Crippen molar-refractivity contribution in [1.82, 2.24) is 0 Å². The Hall–Kier alpha value is -1.07. The maximum absolute atomic E-state index is 10.5. The van der Waals surface area contributed by atoms with Crippen molar-refractivity contribution < 1.29 is 8.42 Å². The van der Waals surface area contributed by atoms with Crippen LogP contribution in [0.15, 0.2) is 23.1 Å². The smallest absolute Gasteiger partial charge is 0.168 e. The van der Waals surface area contributed by atoms with Gasteiger partial charge >= 0.3 is 0 Å². The maximum atomic E-state index is 10.5. The number of thiol groups is 1. The minimum absolute atomic E-state index is 0.307. The van der Waals surface area contributed by atoms with Gasteiger partial charge in [0.15, 0.2) is 10.7 Å². The summed E-state index contributed by atoms with van der Waals surface area (Å²) in [7, 11) is -2.50. The summed E-state index contributed by atoms with van der Waals surface area (Å²) >= 11 is 0. The highest BCUT2D eigenvalue weighted by molar-refractivity contribution is 7.72. The number of anilines is 1. The predicted molar refractivity (Wildman–Crippen MR) is 47.6 cm³/mol. The summed E-state index contributed by atoms with van der Waals surface area (Å²) in [5.41, 5.74) is 4.01. The fourth-order valence-corrected chi connectivity index (χ4v) is 1.42. The van der Waals surface area contributed by atoms with Crippen LogP contribution < -0.4 is 11.3 Å². The minimum Gasteiger partial charge on any atom is -0.324 e. The van der Waals surface area contributed by atoms with Gasteiger partial charge in [-0.2, -0.15) is 0 Å². The van der Waals surface area contributed by atoms with Crippen molar-refractivity contribution in [3.63, 3.8) is 0 Å². The molecular formula is C7H10N2O2S. The first kappa shape index (κ1) is 9.02. The van der Waals surface area contributed by atoms with Crippen LogP contribution in [0.1, 0.15) is 5.56 Å². The molecule has 0 spiro atoms. The molecule has 0 bridgehead atoms. The molecule has 1 rings (SSSR count). The molecule has 0 saturated heterocycles. The number of nitrogens with two attached hydrogens (primary N) is 1. The van der Waals surface area contributed by atoms with Crippen LogP contribution in [0, 0.1) is 6.92 Å². The molecule has 0 heterocycles. The number of hydrazine groups is 1. The predicted octanol–water partition coefficient (Wildman–Crippen LogP) is 0.251. The van der Waals surface area contributed by atoms with Gasteiger partial charge in [0.2, 0.25) is 0 Å². The maximum Gasteiger partial charge on any atom is 0.168 e. The van der Waals surface area contributed by atoms with E-state index in [-0.39, 0.29) is 0 Å². The Labute approximate surface area is 72.3 Å². The summed E-state index contributed by atoms with van der Waals surface area (Å²) < 4.78 is 21.1. The van der Waals surface area contributed by atoms with Gasteiger partial charge < -0.3 is 5.43 Å². The lowest BCUT2D eigenvalue weighted by atomic mass is 10.2. The number of aryl methyl sites for hydroxylation is 1. The van der Waals surface area contributed by atoms with Gasteiger partial charge in [0.25, 0.3) is 0 Å². The van der Waals surface area contributed by atoms with Crippen LogP contribution in [0.4, 0.5) is 5.69 Å². The van der Waals surface area contributed by atoms with Crippen molar-refractivity contribution in [1.29, 1.82) is 0 Å². The second-order valence-electron chi connectivity index (χ2n) is 2.40. The Morgan fingerprint density at radius 3 is 2.50 bits per heavy atom. The van der Waals surface area contributed by atoms with E-state index in [2.05, 4.69) is 5.43 Å². The molecule has 0 aromatic heterocycles. The SMILES string of the molecule is Cc1cc([SH](=O)=O)ccc1NN. The summed E-state index contributed by atoms with van der Waals surface area (Å²) in [6, 6.07) is 4.71. The Bertz CT molecular complexity index is 352. The third-order valence-electron chi connectivity index (χ3n) is 1.58. The largest absolute Gasteiger partial charge is 0.324 e. The van der Waals surface area contributed by atoms with E-state index in [0.717, 1.165) is 11.3 Å². The van der Waals surface area contributed by atoms with Gasteiger partial charge in [0.1, 0.15) is 0 Å². The van der Waals surface area contributed by atoms with E-state index in [0.29, 0.717) is 4.90 Å². The van der Waals surface area contributed by atoms with Gasteiger partial charge in [0.05, 0.1) is 10.6 Å². The van der Waals surface area contributed by atoms with E-state index in [1.54, 1.807) is 19.1 Å². The van der Waals surface area contributed by atoms with E-state index in [4.69, 9.17) is 5.84 Å². The standard InChI is InChI=1S/C7H10N2O2S/c1-5-4-6(12(10)11)2-3-7(5)9-8/h2-4,9,12H,8H2,1H3. The summed E-state index contributed by atoms with van der Waals surface area (Å²) in [5, 5.41) is 0. The lowest BCUT2D eigenvalue weighted by molar-refractivity contribution is 0.614. The van der Waals surface area contributed by atoms with Crippen LogP contribution in [0.25, 0.3) is 0 Å². The van der Waals surface area contributed by atoms with Crippen molar-refractivity contribution in [3.8, 4) is 0 Å². The molecule has 1 aromatic carbocycles. The summed E-state index contributed by atoms with van der Waals surface area (Å²) in [6.07, 6.45) is 0. The van der Waals surface area contributed by atoms with Crippen LogP contribution >= 0.6 is 0 Å². The highest BCUT2D eigenvalue weighted by Crippen LogP contribution is 2.15. The Balaban J connectivity index is 3.18. The first-order chi connectivity index (χ1) is 5.65. The number of hydrogen-bond donors (Lipinski definition) is 3. The van der Waals surface area contributed by atoms with Crippen LogP contribution in [0.2, 0.25) is 0 Å². The first-order valence-electron chi connectivity index (χ1n) is 3.37. The second kappa shape index (κ2) is 3.55. The summed E-state index contributed by atoms with van der Waals surface area (Å²) in [5.74, 6) is 5.18. The number of nitrogen functional groups attached to an aromatic ring is 1. The van der Waals surface area contributed by atoms with Crippen molar-refractivity contribution in [2.45, 2.75) is 11.8 Å². The number of rotatable bonds is 2. The van der Waals surface area contributed by atoms with Crippen molar-refractivity contribution in [3.05, 3.63) is 23.8 Å². The molecule has 0 amide bonds. The highest BCUT2D eigenvalue weighted by atomic mass is 32.2. The van der Waals surface area contributed by atoms with Gasteiger partial charge in [-0.05, 0) is 30.7 Å². The molecule has 66 valence electrons. The third kappa shape index (κ3) is 1.75. The van der Waals surface area contributed by atoms with Crippen molar-refractivity contribution in [2.24, 2.45) is 5.84 Å². The molecule has 0 saturated carbocycles. The number of nitrogens with one attached hydrogen (secondary N) is 1. The summed E-state index contributed by atoms with van der Waals surface area (Å²) in [6.45, 7) is 1.79. The molecule has 0 radical (unpaired) electrons. The van der Waals surface area contributed by atoms with E-state index in [1.165, 1.54) is 6.07 Å². The van der Waals surface area contributed by atoms with Crippen LogP contribution in [-0.4, -0.2) is 8.42 Å². The monoisotopic (exact) mass is 186 g/mol. The lowest BCUT2D eigenvalue weighted by Gasteiger charge is -2.03. The molecule has 4 nitrogen and oxygen atoms in total. The minimum atomic E-state index is -2.50. The van der Waals surface area contributed by atoms with E-state index in [9.17, 15) is 8.42 Å². The fourth-order valence-electron chi connectivity index (χ4n) is 0.923. The van der Waals surface area contributed by atoms with Gasteiger partial charge in [-0.15, -0.1) is 0 Å². The molecule has 0 fully saturated rings. The normalized spacial score (nSPS) is 10.2.